The summed E-state index contributed by atoms with van der Waals surface area (Å²) < 4.78 is 0. The lowest BCUT2D eigenvalue weighted by molar-refractivity contribution is -0.129. The fourth-order valence-electron chi connectivity index (χ4n) is 2.37. The third-order valence-electron chi connectivity index (χ3n) is 3.38. The number of hydrogen-bond acceptors (Lipinski definition) is 3. The Kier molecular flexibility index (Phi) is 8.15. The SMILES string of the molecule is CC(=O)C(CC(=O)C(CC(C)C)NC(C)C)C(C)C. The maximum atomic E-state index is 12.4. The molecule has 19 heavy (non-hydrogen) atoms. The number of Topliss-reactive ketones (excluding diaryl/α,β-unsaturated/α-hetero) is 2. The molecule has 0 amide bonds. The Morgan fingerprint density at radius 1 is 1.00 bits per heavy atom. The van der Waals surface area contributed by atoms with E-state index in [0.717, 1.165) is 6.42 Å². The lowest BCUT2D eigenvalue weighted by Gasteiger charge is -2.25. The first-order valence-corrected chi connectivity index (χ1v) is 7.44. The maximum absolute atomic E-state index is 12.4. The van der Waals surface area contributed by atoms with Gasteiger partial charge in [-0.1, -0.05) is 41.5 Å². The molecule has 0 bridgehead atoms. The fraction of sp³-hybridized carbons (Fsp3) is 0.875. The van der Waals surface area contributed by atoms with Gasteiger partial charge in [0.25, 0.3) is 0 Å². The molecular formula is C16H31NO2. The van der Waals surface area contributed by atoms with E-state index in [2.05, 4.69) is 19.2 Å². The van der Waals surface area contributed by atoms with E-state index in [9.17, 15) is 9.59 Å². The molecule has 1 N–H and O–H groups in total. The van der Waals surface area contributed by atoms with Crippen molar-refractivity contribution in [2.45, 2.75) is 73.4 Å². The average Bonchev–Trinajstić information content (AvgIpc) is 2.22. The van der Waals surface area contributed by atoms with Gasteiger partial charge in [0.15, 0.2) is 0 Å². The van der Waals surface area contributed by atoms with Gasteiger partial charge in [-0.15, -0.1) is 0 Å². The van der Waals surface area contributed by atoms with Gasteiger partial charge >= 0.3 is 0 Å². The first-order valence-electron chi connectivity index (χ1n) is 7.44. The van der Waals surface area contributed by atoms with Gasteiger partial charge in [-0.25, -0.2) is 0 Å². The predicted octanol–water partition coefficient (Wildman–Crippen LogP) is 3.22. The molecular weight excluding hydrogens is 238 g/mol. The summed E-state index contributed by atoms with van der Waals surface area (Å²) in [6.07, 6.45) is 1.20. The van der Waals surface area contributed by atoms with Crippen molar-refractivity contribution >= 4 is 11.6 Å². The van der Waals surface area contributed by atoms with Gasteiger partial charge in [0.05, 0.1) is 6.04 Å². The van der Waals surface area contributed by atoms with Gasteiger partial charge in [0.1, 0.15) is 11.6 Å². The molecule has 0 aromatic carbocycles. The standard InChI is InChI=1S/C16H31NO2/c1-10(2)8-15(17-12(5)6)16(19)9-14(11(3)4)13(7)18/h10-12,14-15,17H,8-9H2,1-7H3. The number of hydrogen-bond donors (Lipinski definition) is 1. The fourth-order valence-corrected chi connectivity index (χ4v) is 2.37. The van der Waals surface area contributed by atoms with Crippen molar-refractivity contribution in [2.24, 2.45) is 17.8 Å². The number of nitrogens with one attached hydrogen (secondary N) is 1. The van der Waals surface area contributed by atoms with Gasteiger partial charge in [-0.2, -0.15) is 0 Å². The van der Waals surface area contributed by atoms with Crippen molar-refractivity contribution in [1.29, 1.82) is 0 Å². The molecule has 112 valence electrons. The molecule has 0 spiro atoms. The normalized spacial score (nSPS) is 15.1. The van der Waals surface area contributed by atoms with Crippen LogP contribution in [0.4, 0.5) is 0 Å². The highest BCUT2D eigenvalue weighted by Crippen LogP contribution is 2.19. The van der Waals surface area contributed by atoms with E-state index >= 15 is 0 Å². The van der Waals surface area contributed by atoms with Crippen LogP contribution in [0.1, 0.15) is 61.3 Å². The molecule has 0 saturated carbocycles. The molecule has 3 nitrogen and oxygen atoms in total. The number of carbonyl (C=O) groups excluding carboxylic acids is 2. The number of carbonyl (C=O) groups is 2. The van der Waals surface area contributed by atoms with E-state index in [1.807, 2.05) is 27.7 Å². The molecule has 0 aliphatic rings. The summed E-state index contributed by atoms with van der Waals surface area (Å²) in [5.74, 6) is 0.846. The Hall–Kier alpha value is -0.700. The van der Waals surface area contributed by atoms with Crippen molar-refractivity contribution in [3.05, 3.63) is 0 Å². The molecule has 0 aliphatic heterocycles. The van der Waals surface area contributed by atoms with E-state index in [0.29, 0.717) is 12.3 Å². The van der Waals surface area contributed by atoms with Crippen molar-refractivity contribution < 1.29 is 9.59 Å². The Labute approximate surface area is 118 Å². The topological polar surface area (TPSA) is 46.2 Å². The van der Waals surface area contributed by atoms with Gasteiger partial charge < -0.3 is 5.32 Å². The quantitative estimate of drug-likeness (QED) is 0.699. The van der Waals surface area contributed by atoms with E-state index in [4.69, 9.17) is 0 Å². The van der Waals surface area contributed by atoms with Crippen LogP contribution in [-0.2, 0) is 9.59 Å². The van der Waals surface area contributed by atoms with Crippen LogP contribution < -0.4 is 5.32 Å². The van der Waals surface area contributed by atoms with Crippen molar-refractivity contribution in [1.82, 2.24) is 5.32 Å². The molecule has 0 aliphatic carbocycles. The van der Waals surface area contributed by atoms with Crippen LogP contribution in [0.2, 0.25) is 0 Å². The van der Waals surface area contributed by atoms with Gasteiger partial charge in [0.2, 0.25) is 0 Å². The lowest BCUT2D eigenvalue weighted by atomic mass is 9.85. The minimum Gasteiger partial charge on any atom is -0.305 e. The molecule has 0 saturated heterocycles. The zero-order valence-corrected chi connectivity index (χ0v) is 13.6. The van der Waals surface area contributed by atoms with Crippen LogP contribution >= 0.6 is 0 Å². The molecule has 0 aromatic rings. The van der Waals surface area contributed by atoms with Crippen LogP contribution in [0.25, 0.3) is 0 Å². The zero-order valence-electron chi connectivity index (χ0n) is 13.6. The average molecular weight is 269 g/mol. The third kappa shape index (κ3) is 7.46. The van der Waals surface area contributed by atoms with Crippen LogP contribution in [0.5, 0.6) is 0 Å². The Morgan fingerprint density at radius 2 is 1.53 bits per heavy atom. The van der Waals surface area contributed by atoms with Crippen LogP contribution in [-0.4, -0.2) is 23.7 Å². The van der Waals surface area contributed by atoms with E-state index in [1.54, 1.807) is 6.92 Å². The van der Waals surface area contributed by atoms with Gasteiger partial charge in [-0.05, 0) is 25.2 Å². The summed E-state index contributed by atoms with van der Waals surface area (Å²) in [6.45, 7) is 13.9. The number of rotatable bonds is 9. The van der Waals surface area contributed by atoms with Crippen molar-refractivity contribution in [3.8, 4) is 0 Å². The van der Waals surface area contributed by atoms with Crippen LogP contribution in [0, 0.1) is 17.8 Å². The summed E-state index contributed by atoms with van der Waals surface area (Å²) in [4.78, 5) is 24.0. The lowest BCUT2D eigenvalue weighted by Crippen LogP contribution is -2.43. The number of ketones is 2. The maximum Gasteiger partial charge on any atom is 0.150 e. The minimum absolute atomic E-state index is 0.121. The van der Waals surface area contributed by atoms with Gasteiger partial charge in [0, 0.05) is 18.4 Å². The smallest absolute Gasteiger partial charge is 0.150 e. The highest BCUT2D eigenvalue weighted by Gasteiger charge is 2.27. The zero-order chi connectivity index (χ0) is 15.2. The monoisotopic (exact) mass is 269 g/mol. The van der Waals surface area contributed by atoms with Crippen LogP contribution in [0.3, 0.4) is 0 Å². The highest BCUT2D eigenvalue weighted by molar-refractivity contribution is 5.89. The molecule has 0 aromatic heterocycles. The first kappa shape index (κ1) is 18.3. The van der Waals surface area contributed by atoms with Crippen LogP contribution in [0.15, 0.2) is 0 Å². The predicted molar refractivity (Wildman–Crippen MR) is 80.1 cm³/mol. The second kappa shape index (κ2) is 8.47. The molecule has 0 heterocycles. The van der Waals surface area contributed by atoms with E-state index < -0.39 is 0 Å². The van der Waals surface area contributed by atoms with Crippen molar-refractivity contribution in [2.75, 3.05) is 0 Å². The van der Waals surface area contributed by atoms with Crippen molar-refractivity contribution in [3.63, 3.8) is 0 Å². The molecule has 0 radical (unpaired) electrons. The highest BCUT2D eigenvalue weighted by atomic mass is 16.1. The van der Waals surface area contributed by atoms with E-state index in [1.165, 1.54) is 0 Å². The Morgan fingerprint density at radius 3 is 1.84 bits per heavy atom. The summed E-state index contributed by atoms with van der Waals surface area (Å²) in [6, 6.07) is 0.156. The van der Waals surface area contributed by atoms with E-state index in [-0.39, 0.29) is 35.5 Å². The summed E-state index contributed by atoms with van der Waals surface area (Å²) >= 11 is 0. The molecule has 0 fully saturated rings. The molecule has 2 atom stereocenters. The largest absolute Gasteiger partial charge is 0.305 e. The summed E-state index contributed by atoms with van der Waals surface area (Å²) in [5.41, 5.74) is 0. The molecule has 0 rings (SSSR count). The third-order valence-corrected chi connectivity index (χ3v) is 3.38. The summed E-state index contributed by atoms with van der Waals surface area (Å²) in [5, 5.41) is 3.33. The second-order valence-electron chi connectivity index (χ2n) is 6.64. The Bertz CT molecular complexity index is 285. The minimum atomic E-state index is -0.142. The van der Waals surface area contributed by atoms with Gasteiger partial charge in [-0.3, -0.25) is 9.59 Å². The molecule has 3 heteroatoms. The first-order chi connectivity index (χ1) is 8.65. The molecule has 2 unspecified atom stereocenters. The second-order valence-corrected chi connectivity index (χ2v) is 6.64. The Balaban J connectivity index is 4.73. The summed E-state index contributed by atoms with van der Waals surface area (Å²) in [7, 11) is 0.